The maximum atomic E-state index is 5.60. The van der Waals surface area contributed by atoms with Gasteiger partial charge in [0.25, 0.3) is 0 Å². The summed E-state index contributed by atoms with van der Waals surface area (Å²) in [5.41, 5.74) is 8.81. The Balaban J connectivity index is 2.10. The highest BCUT2D eigenvalue weighted by Crippen LogP contribution is 2.21. The van der Waals surface area contributed by atoms with E-state index in [0.717, 1.165) is 23.5 Å². The zero-order valence-electron chi connectivity index (χ0n) is 11.7. The fourth-order valence-electron chi connectivity index (χ4n) is 1.99. The summed E-state index contributed by atoms with van der Waals surface area (Å²) in [6.07, 6.45) is 0. The van der Waals surface area contributed by atoms with E-state index in [-0.39, 0.29) is 0 Å². The van der Waals surface area contributed by atoms with Gasteiger partial charge in [-0.05, 0) is 17.7 Å². The van der Waals surface area contributed by atoms with Crippen LogP contribution in [0.15, 0.2) is 48.5 Å². The topological polar surface area (TPSA) is 38.5 Å². The quantitative estimate of drug-likeness (QED) is 0.858. The molecule has 0 aliphatic heterocycles. The van der Waals surface area contributed by atoms with Crippen molar-refractivity contribution in [2.75, 3.05) is 19.1 Å². The second-order valence-electron chi connectivity index (χ2n) is 4.62. The van der Waals surface area contributed by atoms with Crippen LogP contribution in [0.2, 0.25) is 0 Å². The van der Waals surface area contributed by atoms with Crippen LogP contribution >= 0.6 is 12.2 Å². The Morgan fingerprint density at radius 2 is 1.90 bits per heavy atom. The number of thiocarbonyl (C=S) groups is 1. The van der Waals surface area contributed by atoms with Gasteiger partial charge in [0.15, 0.2) is 0 Å². The van der Waals surface area contributed by atoms with Gasteiger partial charge in [-0.2, -0.15) is 0 Å². The second kappa shape index (κ2) is 6.39. The summed E-state index contributed by atoms with van der Waals surface area (Å²) in [5.74, 6) is 0.859. The number of methoxy groups -OCH3 is 1. The van der Waals surface area contributed by atoms with Crippen molar-refractivity contribution in [3.8, 4) is 5.75 Å². The minimum Gasteiger partial charge on any atom is -0.497 e. The van der Waals surface area contributed by atoms with Crippen LogP contribution in [0.25, 0.3) is 0 Å². The monoisotopic (exact) mass is 286 g/mol. The number of hydrogen-bond acceptors (Lipinski definition) is 3. The van der Waals surface area contributed by atoms with Crippen molar-refractivity contribution in [3.05, 3.63) is 59.7 Å². The van der Waals surface area contributed by atoms with Gasteiger partial charge < -0.3 is 15.4 Å². The van der Waals surface area contributed by atoms with Gasteiger partial charge in [0.2, 0.25) is 0 Å². The van der Waals surface area contributed by atoms with Crippen LogP contribution in [0, 0.1) is 0 Å². The molecule has 0 amide bonds. The van der Waals surface area contributed by atoms with Crippen LogP contribution in [0.5, 0.6) is 5.75 Å². The third-order valence-corrected chi connectivity index (χ3v) is 3.39. The molecule has 104 valence electrons. The molecular weight excluding hydrogens is 268 g/mol. The molecule has 0 aromatic heterocycles. The molecule has 0 heterocycles. The lowest BCUT2D eigenvalue weighted by molar-refractivity contribution is 0.415. The van der Waals surface area contributed by atoms with Gasteiger partial charge in [0, 0.05) is 30.9 Å². The molecule has 2 rings (SSSR count). The number of ether oxygens (including phenoxy) is 1. The minimum absolute atomic E-state index is 0.428. The SMILES string of the molecule is COc1cccc(N(C)Cc2ccc(C(N)=S)cc2)c1. The summed E-state index contributed by atoms with van der Waals surface area (Å²) in [5, 5.41) is 0. The smallest absolute Gasteiger partial charge is 0.120 e. The zero-order valence-corrected chi connectivity index (χ0v) is 12.5. The highest BCUT2D eigenvalue weighted by atomic mass is 32.1. The summed E-state index contributed by atoms with van der Waals surface area (Å²) >= 11 is 4.95. The van der Waals surface area contributed by atoms with E-state index in [4.69, 9.17) is 22.7 Å². The van der Waals surface area contributed by atoms with Crippen LogP contribution in [-0.4, -0.2) is 19.1 Å². The molecule has 0 unspecified atom stereocenters. The lowest BCUT2D eigenvalue weighted by Gasteiger charge is -2.20. The van der Waals surface area contributed by atoms with E-state index in [0.29, 0.717) is 4.99 Å². The van der Waals surface area contributed by atoms with E-state index in [1.165, 1.54) is 5.56 Å². The zero-order chi connectivity index (χ0) is 14.5. The van der Waals surface area contributed by atoms with Crippen LogP contribution < -0.4 is 15.4 Å². The average Bonchev–Trinajstić information content (AvgIpc) is 2.47. The number of nitrogens with two attached hydrogens (primary N) is 1. The molecule has 4 heteroatoms. The molecule has 0 atom stereocenters. The first-order valence-corrected chi connectivity index (χ1v) is 6.75. The minimum atomic E-state index is 0.428. The van der Waals surface area contributed by atoms with Gasteiger partial charge in [0.1, 0.15) is 10.7 Å². The third-order valence-electron chi connectivity index (χ3n) is 3.15. The molecule has 0 spiro atoms. The molecule has 0 bridgehead atoms. The van der Waals surface area contributed by atoms with Gasteiger partial charge in [-0.3, -0.25) is 0 Å². The third kappa shape index (κ3) is 3.48. The molecule has 0 fully saturated rings. The van der Waals surface area contributed by atoms with E-state index in [2.05, 4.69) is 18.0 Å². The van der Waals surface area contributed by atoms with Crippen LogP contribution in [0.1, 0.15) is 11.1 Å². The maximum absolute atomic E-state index is 5.60. The Kier molecular flexibility index (Phi) is 4.58. The Labute approximate surface area is 125 Å². The molecule has 0 saturated heterocycles. The van der Waals surface area contributed by atoms with E-state index < -0.39 is 0 Å². The lowest BCUT2D eigenvalue weighted by Crippen LogP contribution is -2.16. The van der Waals surface area contributed by atoms with E-state index >= 15 is 0 Å². The molecule has 3 nitrogen and oxygen atoms in total. The first kappa shape index (κ1) is 14.3. The Hall–Kier alpha value is -2.07. The Morgan fingerprint density at radius 1 is 1.20 bits per heavy atom. The molecule has 2 N–H and O–H groups in total. The van der Waals surface area contributed by atoms with Crippen LogP contribution in [0.4, 0.5) is 5.69 Å². The average molecular weight is 286 g/mol. The molecule has 2 aromatic rings. The summed E-state index contributed by atoms with van der Waals surface area (Å²) in [7, 11) is 3.73. The highest BCUT2D eigenvalue weighted by Gasteiger charge is 2.04. The number of benzene rings is 2. The highest BCUT2D eigenvalue weighted by molar-refractivity contribution is 7.80. The van der Waals surface area contributed by atoms with Crippen LogP contribution in [0.3, 0.4) is 0 Å². The maximum Gasteiger partial charge on any atom is 0.120 e. The lowest BCUT2D eigenvalue weighted by atomic mass is 10.1. The van der Waals surface area contributed by atoms with Crippen molar-refractivity contribution in [2.24, 2.45) is 5.73 Å². The molecule has 2 aromatic carbocycles. The van der Waals surface area contributed by atoms with Crippen molar-refractivity contribution in [2.45, 2.75) is 6.54 Å². The van der Waals surface area contributed by atoms with Gasteiger partial charge in [-0.1, -0.05) is 42.5 Å². The number of nitrogens with zero attached hydrogens (tertiary/aromatic N) is 1. The first-order chi connectivity index (χ1) is 9.60. The molecule has 0 aliphatic carbocycles. The van der Waals surface area contributed by atoms with Crippen molar-refractivity contribution >= 4 is 22.9 Å². The van der Waals surface area contributed by atoms with Gasteiger partial charge in [0.05, 0.1) is 7.11 Å². The summed E-state index contributed by atoms with van der Waals surface area (Å²) in [6, 6.07) is 16.0. The van der Waals surface area contributed by atoms with Gasteiger partial charge in [-0.25, -0.2) is 0 Å². The summed E-state index contributed by atoms with van der Waals surface area (Å²) in [6.45, 7) is 0.810. The predicted molar refractivity (Wildman–Crippen MR) is 87.4 cm³/mol. The summed E-state index contributed by atoms with van der Waals surface area (Å²) in [4.78, 5) is 2.59. The first-order valence-electron chi connectivity index (χ1n) is 6.34. The number of rotatable bonds is 5. The number of anilines is 1. The molecule has 0 radical (unpaired) electrons. The van der Waals surface area contributed by atoms with Crippen molar-refractivity contribution < 1.29 is 4.74 Å². The number of hydrogen-bond donors (Lipinski definition) is 1. The van der Waals surface area contributed by atoms with E-state index in [1.807, 2.05) is 42.5 Å². The Morgan fingerprint density at radius 3 is 2.50 bits per heavy atom. The van der Waals surface area contributed by atoms with E-state index in [9.17, 15) is 0 Å². The Bertz CT molecular complexity index is 596. The van der Waals surface area contributed by atoms with Gasteiger partial charge in [-0.15, -0.1) is 0 Å². The second-order valence-corrected chi connectivity index (χ2v) is 5.06. The molecule has 0 aliphatic rings. The van der Waals surface area contributed by atoms with Crippen molar-refractivity contribution in [3.63, 3.8) is 0 Å². The fraction of sp³-hybridized carbons (Fsp3) is 0.188. The summed E-state index contributed by atoms with van der Waals surface area (Å²) < 4.78 is 5.24. The normalized spacial score (nSPS) is 10.1. The molecule has 20 heavy (non-hydrogen) atoms. The molecular formula is C16H18N2OS. The molecule has 0 saturated carbocycles. The predicted octanol–water partition coefficient (Wildman–Crippen LogP) is 2.97. The van der Waals surface area contributed by atoms with Gasteiger partial charge >= 0.3 is 0 Å². The largest absolute Gasteiger partial charge is 0.497 e. The van der Waals surface area contributed by atoms with Crippen molar-refractivity contribution in [1.29, 1.82) is 0 Å². The van der Waals surface area contributed by atoms with E-state index in [1.54, 1.807) is 7.11 Å². The standard InChI is InChI=1S/C16H18N2OS/c1-18(14-4-3-5-15(10-14)19-2)11-12-6-8-13(9-7-12)16(17)20/h3-10H,11H2,1-2H3,(H2,17,20). The fourth-order valence-corrected chi connectivity index (χ4v) is 2.12. The van der Waals surface area contributed by atoms with Crippen molar-refractivity contribution in [1.82, 2.24) is 0 Å². The van der Waals surface area contributed by atoms with Crippen LogP contribution in [-0.2, 0) is 6.54 Å².